The van der Waals surface area contributed by atoms with E-state index in [-0.39, 0.29) is 17.7 Å². The second kappa shape index (κ2) is 10.1. The number of rotatable bonds is 8. The smallest absolute Gasteiger partial charge is 0.268 e. The van der Waals surface area contributed by atoms with Crippen molar-refractivity contribution in [1.82, 2.24) is 15.2 Å². The minimum absolute atomic E-state index is 0.00232. The molecule has 1 atom stereocenters. The van der Waals surface area contributed by atoms with E-state index in [4.69, 9.17) is 0 Å². The molecular formula is C25H36N4O2. The number of nitrogens with zero attached hydrogens (tertiary/aromatic N) is 2. The van der Waals surface area contributed by atoms with Crippen molar-refractivity contribution < 1.29 is 9.59 Å². The number of hydrogen-bond acceptors (Lipinski definition) is 4. The quantitative estimate of drug-likeness (QED) is 0.634. The number of aromatic amines is 1. The average Bonchev–Trinajstić information content (AvgIpc) is 3.09. The minimum Gasteiger partial charge on any atom is -0.369 e. The van der Waals surface area contributed by atoms with Gasteiger partial charge in [-0.3, -0.25) is 14.5 Å². The van der Waals surface area contributed by atoms with Crippen LogP contribution in [0.25, 0.3) is 0 Å². The van der Waals surface area contributed by atoms with Crippen molar-refractivity contribution in [3.05, 3.63) is 52.3 Å². The summed E-state index contributed by atoms with van der Waals surface area (Å²) in [5.74, 6) is -0.119. The van der Waals surface area contributed by atoms with Crippen molar-refractivity contribution in [2.75, 3.05) is 37.6 Å². The summed E-state index contributed by atoms with van der Waals surface area (Å²) >= 11 is 0. The number of Topliss-reactive ketones (excluding diaryl/α,β-unsaturated/α-hetero) is 1. The molecule has 3 rings (SSSR count). The summed E-state index contributed by atoms with van der Waals surface area (Å²) in [5.41, 5.74) is 5.38. The van der Waals surface area contributed by atoms with E-state index >= 15 is 0 Å². The third-order valence-corrected chi connectivity index (χ3v) is 6.22. The third kappa shape index (κ3) is 5.56. The fourth-order valence-electron chi connectivity index (χ4n) is 4.50. The van der Waals surface area contributed by atoms with E-state index in [1.165, 1.54) is 11.3 Å². The van der Waals surface area contributed by atoms with Gasteiger partial charge in [0.1, 0.15) is 5.69 Å². The molecule has 1 aliphatic rings. The van der Waals surface area contributed by atoms with Gasteiger partial charge in [0.2, 0.25) is 0 Å². The number of benzene rings is 1. The molecule has 31 heavy (non-hydrogen) atoms. The molecule has 2 N–H and O–H groups in total. The number of carbonyl (C=O) groups excluding carboxylic acids is 2. The third-order valence-electron chi connectivity index (χ3n) is 6.22. The molecule has 0 bridgehead atoms. The Morgan fingerprint density at radius 2 is 1.87 bits per heavy atom. The first-order chi connectivity index (χ1) is 14.8. The van der Waals surface area contributed by atoms with E-state index < -0.39 is 0 Å². The van der Waals surface area contributed by atoms with Gasteiger partial charge < -0.3 is 15.2 Å². The van der Waals surface area contributed by atoms with Crippen molar-refractivity contribution in [1.29, 1.82) is 0 Å². The Labute approximate surface area is 186 Å². The molecule has 1 amide bonds. The van der Waals surface area contributed by atoms with Crippen molar-refractivity contribution in [2.24, 2.45) is 0 Å². The first-order valence-electron chi connectivity index (χ1n) is 11.4. The van der Waals surface area contributed by atoms with Gasteiger partial charge in [-0.2, -0.15) is 0 Å². The molecule has 1 aromatic carbocycles. The second-order valence-corrected chi connectivity index (χ2v) is 8.72. The number of aryl methyl sites for hydroxylation is 2. The molecule has 0 aliphatic carbocycles. The van der Waals surface area contributed by atoms with Crippen LogP contribution >= 0.6 is 0 Å². The molecule has 1 unspecified atom stereocenters. The number of aromatic nitrogens is 1. The first kappa shape index (κ1) is 23.1. The highest BCUT2D eigenvalue weighted by Gasteiger charge is 2.23. The molecule has 6 heteroatoms. The van der Waals surface area contributed by atoms with Crippen LogP contribution in [0.5, 0.6) is 0 Å². The van der Waals surface area contributed by atoms with E-state index in [9.17, 15) is 9.59 Å². The van der Waals surface area contributed by atoms with Crippen LogP contribution in [-0.2, 0) is 6.42 Å². The number of anilines is 1. The summed E-state index contributed by atoms with van der Waals surface area (Å²) in [5, 5.41) is 3.11. The predicted octanol–water partition coefficient (Wildman–Crippen LogP) is 3.73. The maximum absolute atomic E-state index is 12.8. The Morgan fingerprint density at radius 1 is 1.16 bits per heavy atom. The van der Waals surface area contributed by atoms with Gasteiger partial charge in [0, 0.05) is 55.7 Å². The van der Waals surface area contributed by atoms with Crippen LogP contribution in [0, 0.1) is 13.8 Å². The van der Waals surface area contributed by atoms with E-state index in [0.29, 0.717) is 17.7 Å². The minimum atomic E-state index is -0.121. The molecule has 0 spiro atoms. The van der Waals surface area contributed by atoms with Crippen LogP contribution in [0.3, 0.4) is 0 Å². The fraction of sp³-hybridized carbons (Fsp3) is 0.520. The number of ketones is 1. The molecular weight excluding hydrogens is 388 g/mol. The van der Waals surface area contributed by atoms with Crippen molar-refractivity contribution in [3.63, 3.8) is 0 Å². The van der Waals surface area contributed by atoms with Gasteiger partial charge in [-0.05, 0) is 63.8 Å². The highest BCUT2D eigenvalue weighted by molar-refractivity contribution is 6.02. The maximum Gasteiger partial charge on any atom is 0.268 e. The number of piperazine rings is 1. The molecule has 168 valence electrons. The van der Waals surface area contributed by atoms with E-state index in [1.54, 1.807) is 6.92 Å². The number of H-pyrrole nitrogens is 1. The van der Waals surface area contributed by atoms with Crippen LogP contribution in [0.1, 0.15) is 64.9 Å². The molecule has 1 fully saturated rings. The van der Waals surface area contributed by atoms with Gasteiger partial charge in [0.25, 0.3) is 5.91 Å². The highest BCUT2D eigenvalue weighted by atomic mass is 16.2. The molecule has 2 heterocycles. The number of nitrogens with one attached hydrogen (secondary N) is 2. The van der Waals surface area contributed by atoms with Crippen LogP contribution < -0.4 is 10.2 Å². The normalized spacial score (nSPS) is 15.7. The summed E-state index contributed by atoms with van der Waals surface area (Å²) < 4.78 is 0. The van der Waals surface area contributed by atoms with Crippen LogP contribution in [0.2, 0.25) is 0 Å². The maximum atomic E-state index is 12.8. The molecule has 2 aromatic rings. The topological polar surface area (TPSA) is 68.4 Å². The van der Waals surface area contributed by atoms with Crippen LogP contribution in [0.4, 0.5) is 5.69 Å². The Kier molecular flexibility index (Phi) is 7.55. The SMILES string of the molecule is CCc1c(C(=O)NC(C)CCN2CCN(c3cccc(C)c3)CC2)[nH]c(C)c1C(C)=O. The average molecular weight is 425 g/mol. The summed E-state index contributed by atoms with van der Waals surface area (Å²) in [7, 11) is 0. The van der Waals surface area contributed by atoms with E-state index in [0.717, 1.165) is 50.4 Å². The summed E-state index contributed by atoms with van der Waals surface area (Å²) in [6, 6.07) is 8.75. The predicted molar refractivity (Wildman–Crippen MR) is 126 cm³/mol. The van der Waals surface area contributed by atoms with Gasteiger partial charge in [-0.1, -0.05) is 19.1 Å². The van der Waals surface area contributed by atoms with Crippen molar-refractivity contribution >= 4 is 17.4 Å². The van der Waals surface area contributed by atoms with Crippen LogP contribution in [0.15, 0.2) is 24.3 Å². The molecule has 0 radical (unpaired) electrons. The van der Waals surface area contributed by atoms with Crippen molar-refractivity contribution in [3.8, 4) is 0 Å². The van der Waals surface area contributed by atoms with Crippen LogP contribution in [-0.4, -0.2) is 60.3 Å². The molecule has 0 saturated carbocycles. The Morgan fingerprint density at radius 3 is 2.48 bits per heavy atom. The van der Waals surface area contributed by atoms with Gasteiger partial charge in [0.05, 0.1) is 0 Å². The van der Waals surface area contributed by atoms with Gasteiger partial charge in [-0.25, -0.2) is 0 Å². The zero-order valence-electron chi connectivity index (χ0n) is 19.5. The lowest BCUT2D eigenvalue weighted by Gasteiger charge is -2.36. The Bertz CT molecular complexity index is 926. The largest absolute Gasteiger partial charge is 0.369 e. The molecule has 1 aliphatic heterocycles. The zero-order chi connectivity index (χ0) is 22.5. The molecule has 1 saturated heterocycles. The number of carbonyl (C=O) groups is 2. The van der Waals surface area contributed by atoms with E-state index in [1.807, 2.05) is 20.8 Å². The standard InChI is InChI=1S/C25H36N4O2/c1-6-22-23(20(5)30)19(4)27-24(22)25(31)26-18(3)10-11-28-12-14-29(15-13-28)21-9-7-8-17(2)16-21/h7-9,16,18,27H,6,10-15H2,1-5H3,(H,26,31). The summed E-state index contributed by atoms with van der Waals surface area (Å²) in [6.45, 7) is 14.7. The lowest BCUT2D eigenvalue weighted by molar-refractivity contribution is 0.0929. The highest BCUT2D eigenvalue weighted by Crippen LogP contribution is 2.21. The Balaban J connectivity index is 1.49. The summed E-state index contributed by atoms with van der Waals surface area (Å²) in [6.07, 6.45) is 1.55. The van der Waals surface area contributed by atoms with Crippen molar-refractivity contribution in [2.45, 2.75) is 53.5 Å². The zero-order valence-corrected chi connectivity index (χ0v) is 19.5. The fourth-order valence-corrected chi connectivity index (χ4v) is 4.50. The number of amides is 1. The van der Waals surface area contributed by atoms with Gasteiger partial charge in [0.15, 0.2) is 5.78 Å². The molecule has 1 aromatic heterocycles. The summed E-state index contributed by atoms with van der Waals surface area (Å²) in [4.78, 5) is 32.8. The lowest BCUT2D eigenvalue weighted by Crippen LogP contribution is -2.47. The monoisotopic (exact) mass is 424 g/mol. The second-order valence-electron chi connectivity index (χ2n) is 8.72. The number of hydrogen-bond donors (Lipinski definition) is 2. The van der Waals surface area contributed by atoms with Gasteiger partial charge in [-0.15, -0.1) is 0 Å². The Hall–Kier alpha value is -2.60. The van der Waals surface area contributed by atoms with E-state index in [2.05, 4.69) is 51.3 Å². The molecule has 6 nitrogen and oxygen atoms in total. The first-order valence-corrected chi connectivity index (χ1v) is 11.4. The van der Waals surface area contributed by atoms with Gasteiger partial charge >= 0.3 is 0 Å². The lowest BCUT2D eigenvalue weighted by atomic mass is 10.0.